The van der Waals surface area contributed by atoms with Gasteiger partial charge < -0.3 is 15.4 Å². The summed E-state index contributed by atoms with van der Waals surface area (Å²) in [5.74, 6) is 0.659. The molecule has 0 bridgehead atoms. The minimum Gasteiger partial charge on any atom is -0.460 e. The normalized spacial score (nSPS) is 11.8. The second-order valence-corrected chi connectivity index (χ2v) is 5.52. The van der Waals surface area contributed by atoms with Crippen LogP contribution in [0.1, 0.15) is 5.56 Å². The molecule has 2 N–H and O–H groups in total. The summed E-state index contributed by atoms with van der Waals surface area (Å²) >= 11 is 11.6. The standard InChI is InChI=1S/C16H22Cl2N2O2/c1-2-11-22-16(21)15(19)12-13-3-5-14(6-4-13)20(9-7-17)10-8-18/h2-6,15H,1,7-12,19H2/t15-/m0/s1. The number of nitrogens with two attached hydrogens (primary N) is 1. The Kier molecular flexibility index (Phi) is 8.97. The van der Waals surface area contributed by atoms with E-state index in [1.807, 2.05) is 24.3 Å². The molecule has 0 fully saturated rings. The fourth-order valence-electron chi connectivity index (χ4n) is 2.00. The summed E-state index contributed by atoms with van der Waals surface area (Å²) in [6.07, 6.45) is 1.95. The van der Waals surface area contributed by atoms with Crippen molar-refractivity contribution >= 4 is 34.9 Å². The van der Waals surface area contributed by atoms with Crippen LogP contribution < -0.4 is 10.6 Å². The third-order valence-corrected chi connectivity index (χ3v) is 3.45. The van der Waals surface area contributed by atoms with Gasteiger partial charge in [-0.1, -0.05) is 24.8 Å². The van der Waals surface area contributed by atoms with Crippen LogP contribution in [0.15, 0.2) is 36.9 Å². The lowest BCUT2D eigenvalue weighted by Crippen LogP contribution is -2.34. The number of ether oxygens (including phenoxy) is 1. The number of hydrogen-bond acceptors (Lipinski definition) is 4. The van der Waals surface area contributed by atoms with Crippen molar-refractivity contribution in [3.8, 4) is 0 Å². The molecular formula is C16H22Cl2N2O2. The number of hydrogen-bond donors (Lipinski definition) is 1. The number of carbonyl (C=O) groups excluding carboxylic acids is 1. The highest BCUT2D eigenvalue weighted by Crippen LogP contribution is 2.16. The average Bonchev–Trinajstić information content (AvgIpc) is 2.53. The Morgan fingerprint density at radius 2 is 1.86 bits per heavy atom. The van der Waals surface area contributed by atoms with Gasteiger partial charge in [0.2, 0.25) is 0 Å². The molecule has 0 saturated heterocycles. The molecule has 1 aromatic carbocycles. The Hall–Kier alpha value is -1.23. The number of anilines is 1. The van der Waals surface area contributed by atoms with Crippen LogP contribution in [0, 0.1) is 0 Å². The van der Waals surface area contributed by atoms with Crippen molar-refractivity contribution in [2.75, 3.05) is 36.4 Å². The van der Waals surface area contributed by atoms with Crippen molar-refractivity contribution in [2.24, 2.45) is 5.73 Å². The zero-order valence-corrected chi connectivity index (χ0v) is 14.0. The van der Waals surface area contributed by atoms with Crippen LogP contribution in [-0.4, -0.2) is 43.5 Å². The molecule has 1 rings (SSSR count). The van der Waals surface area contributed by atoms with E-state index in [0.717, 1.165) is 24.3 Å². The quantitative estimate of drug-likeness (QED) is 0.402. The number of halogens is 2. The third kappa shape index (κ3) is 6.26. The van der Waals surface area contributed by atoms with Crippen LogP contribution in [0.3, 0.4) is 0 Å². The van der Waals surface area contributed by atoms with Gasteiger partial charge in [0.05, 0.1) is 0 Å². The predicted molar refractivity (Wildman–Crippen MR) is 92.9 cm³/mol. The number of nitrogens with zero attached hydrogens (tertiary/aromatic N) is 1. The lowest BCUT2D eigenvalue weighted by atomic mass is 10.1. The van der Waals surface area contributed by atoms with Gasteiger partial charge in [-0.25, -0.2) is 0 Å². The lowest BCUT2D eigenvalue weighted by molar-refractivity contribution is -0.143. The van der Waals surface area contributed by atoms with E-state index in [2.05, 4.69) is 11.5 Å². The molecule has 0 aliphatic heterocycles. The van der Waals surface area contributed by atoms with Crippen molar-refractivity contribution in [1.29, 1.82) is 0 Å². The third-order valence-electron chi connectivity index (χ3n) is 3.11. The van der Waals surface area contributed by atoms with Crippen LogP contribution in [0.5, 0.6) is 0 Å². The summed E-state index contributed by atoms with van der Waals surface area (Å²) < 4.78 is 4.93. The molecule has 4 nitrogen and oxygen atoms in total. The molecule has 6 heteroatoms. The summed E-state index contributed by atoms with van der Waals surface area (Å²) in [5.41, 5.74) is 7.85. The molecule has 22 heavy (non-hydrogen) atoms. The van der Waals surface area contributed by atoms with Crippen LogP contribution in [-0.2, 0) is 16.0 Å². The van der Waals surface area contributed by atoms with Crippen LogP contribution in [0.2, 0.25) is 0 Å². The molecule has 0 spiro atoms. The summed E-state index contributed by atoms with van der Waals surface area (Å²) in [6.45, 7) is 5.14. The second-order valence-electron chi connectivity index (χ2n) is 4.76. The molecule has 0 heterocycles. The van der Waals surface area contributed by atoms with E-state index in [1.165, 1.54) is 6.08 Å². The van der Waals surface area contributed by atoms with Gasteiger partial charge in [0, 0.05) is 30.5 Å². The maximum atomic E-state index is 11.6. The lowest BCUT2D eigenvalue weighted by Gasteiger charge is -2.23. The highest BCUT2D eigenvalue weighted by molar-refractivity contribution is 6.18. The average molecular weight is 345 g/mol. The van der Waals surface area contributed by atoms with Crippen molar-refractivity contribution < 1.29 is 9.53 Å². The zero-order valence-electron chi connectivity index (χ0n) is 12.5. The van der Waals surface area contributed by atoms with Gasteiger partial charge in [-0.15, -0.1) is 23.2 Å². The first-order valence-electron chi connectivity index (χ1n) is 7.11. The molecule has 0 aliphatic carbocycles. The first-order valence-corrected chi connectivity index (χ1v) is 8.18. The Balaban J connectivity index is 2.63. The van der Waals surface area contributed by atoms with Crippen molar-refractivity contribution in [3.63, 3.8) is 0 Å². The number of rotatable bonds is 10. The largest absolute Gasteiger partial charge is 0.460 e. The highest BCUT2D eigenvalue weighted by Gasteiger charge is 2.15. The molecule has 0 saturated carbocycles. The Morgan fingerprint density at radius 1 is 1.27 bits per heavy atom. The van der Waals surface area contributed by atoms with E-state index in [4.69, 9.17) is 33.7 Å². The number of carbonyl (C=O) groups is 1. The van der Waals surface area contributed by atoms with Crippen molar-refractivity contribution in [2.45, 2.75) is 12.5 Å². The topological polar surface area (TPSA) is 55.6 Å². The van der Waals surface area contributed by atoms with Gasteiger partial charge in [0.25, 0.3) is 0 Å². The number of benzene rings is 1. The Bertz CT molecular complexity index is 460. The predicted octanol–water partition coefficient (Wildman–Crippen LogP) is 2.57. The monoisotopic (exact) mass is 344 g/mol. The SMILES string of the molecule is C=CCOC(=O)[C@@H](N)Cc1ccc(N(CCCl)CCCl)cc1. The van der Waals surface area contributed by atoms with Crippen molar-refractivity contribution in [3.05, 3.63) is 42.5 Å². The van der Waals surface area contributed by atoms with E-state index in [0.29, 0.717) is 18.2 Å². The van der Waals surface area contributed by atoms with E-state index >= 15 is 0 Å². The molecule has 0 amide bonds. The number of alkyl halides is 2. The molecule has 1 atom stereocenters. The van der Waals surface area contributed by atoms with Crippen LogP contribution in [0.25, 0.3) is 0 Å². The molecule has 0 unspecified atom stereocenters. The van der Waals surface area contributed by atoms with Gasteiger partial charge in [0.15, 0.2) is 0 Å². The second kappa shape index (κ2) is 10.5. The van der Waals surface area contributed by atoms with Gasteiger partial charge >= 0.3 is 5.97 Å². The maximum Gasteiger partial charge on any atom is 0.323 e. The highest BCUT2D eigenvalue weighted by atomic mass is 35.5. The summed E-state index contributed by atoms with van der Waals surface area (Å²) in [7, 11) is 0. The van der Waals surface area contributed by atoms with Gasteiger partial charge in [0.1, 0.15) is 12.6 Å². The summed E-state index contributed by atoms with van der Waals surface area (Å²) in [4.78, 5) is 13.7. The molecule has 0 aliphatic rings. The molecule has 1 aromatic rings. The summed E-state index contributed by atoms with van der Waals surface area (Å²) in [5, 5.41) is 0. The first-order chi connectivity index (χ1) is 10.6. The number of esters is 1. The van der Waals surface area contributed by atoms with Gasteiger partial charge in [-0.05, 0) is 24.1 Å². The van der Waals surface area contributed by atoms with E-state index < -0.39 is 12.0 Å². The molecular weight excluding hydrogens is 323 g/mol. The van der Waals surface area contributed by atoms with Gasteiger partial charge in [-0.2, -0.15) is 0 Å². The Labute approximate surface area is 141 Å². The van der Waals surface area contributed by atoms with E-state index in [9.17, 15) is 4.79 Å². The van der Waals surface area contributed by atoms with Crippen LogP contribution in [0.4, 0.5) is 5.69 Å². The molecule has 0 aromatic heterocycles. The zero-order chi connectivity index (χ0) is 16.4. The van der Waals surface area contributed by atoms with Crippen LogP contribution >= 0.6 is 23.2 Å². The maximum absolute atomic E-state index is 11.6. The fraction of sp³-hybridized carbons (Fsp3) is 0.438. The minimum atomic E-state index is -0.674. The van der Waals surface area contributed by atoms with E-state index in [1.54, 1.807) is 0 Å². The smallest absolute Gasteiger partial charge is 0.323 e. The summed E-state index contributed by atoms with van der Waals surface area (Å²) in [6, 6.07) is 7.19. The Morgan fingerprint density at radius 3 is 2.36 bits per heavy atom. The van der Waals surface area contributed by atoms with Crippen molar-refractivity contribution in [1.82, 2.24) is 0 Å². The van der Waals surface area contributed by atoms with E-state index in [-0.39, 0.29) is 6.61 Å². The fourth-order valence-corrected chi connectivity index (χ4v) is 2.41. The van der Waals surface area contributed by atoms with Gasteiger partial charge in [-0.3, -0.25) is 4.79 Å². The molecule has 122 valence electrons. The molecule has 0 radical (unpaired) electrons. The first kappa shape index (κ1) is 18.8. The minimum absolute atomic E-state index is 0.178.